The predicted molar refractivity (Wildman–Crippen MR) is 82.7 cm³/mol. The normalized spacial score (nSPS) is 56.5. The molecule has 0 aromatic carbocycles. The van der Waals surface area contributed by atoms with Crippen LogP contribution in [-0.2, 0) is 4.79 Å². The molecule has 118 valence electrons. The van der Waals surface area contributed by atoms with E-state index in [2.05, 4.69) is 13.8 Å². The van der Waals surface area contributed by atoms with Crippen LogP contribution in [0.3, 0.4) is 0 Å². The molecule has 0 aromatic rings. The standard InChI is InChI=1S/C19H30O2/c1-18-8-6-15-14(17(18)16(21)7-9-18)4-3-12-11-13(20)5-10-19(12,15)2/h12,14-17,21H,3-11H2,1-2H3/t12?,14-,15-,16?,17-,18-,19+/m1/s1. The van der Waals surface area contributed by atoms with Crippen molar-refractivity contribution >= 4 is 5.78 Å². The third-order valence-corrected chi connectivity index (χ3v) is 8.28. The Hall–Kier alpha value is -0.370. The van der Waals surface area contributed by atoms with Crippen LogP contribution in [0.15, 0.2) is 0 Å². The quantitative estimate of drug-likeness (QED) is 0.733. The fourth-order valence-electron chi connectivity index (χ4n) is 7.07. The number of hydrogen-bond acceptors (Lipinski definition) is 2. The Morgan fingerprint density at radius 1 is 1.05 bits per heavy atom. The highest BCUT2D eigenvalue weighted by Crippen LogP contribution is 2.65. The van der Waals surface area contributed by atoms with Gasteiger partial charge in [-0.1, -0.05) is 13.8 Å². The fourth-order valence-corrected chi connectivity index (χ4v) is 7.07. The summed E-state index contributed by atoms with van der Waals surface area (Å²) in [4.78, 5) is 11.9. The maximum atomic E-state index is 11.9. The highest BCUT2D eigenvalue weighted by atomic mass is 16.3. The average molecular weight is 290 g/mol. The molecular weight excluding hydrogens is 260 g/mol. The SMILES string of the molecule is C[C@@]12CCC(O)[C@H]1[C@@H]1CCC3CC(=O)CC[C@]3(C)[C@@H]1CC2. The molecule has 4 aliphatic carbocycles. The summed E-state index contributed by atoms with van der Waals surface area (Å²) < 4.78 is 0. The smallest absolute Gasteiger partial charge is 0.133 e. The van der Waals surface area contributed by atoms with Gasteiger partial charge in [-0.25, -0.2) is 0 Å². The molecule has 0 radical (unpaired) electrons. The molecule has 2 unspecified atom stereocenters. The molecule has 0 spiro atoms. The molecule has 21 heavy (non-hydrogen) atoms. The maximum Gasteiger partial charge on any atom is 0.133 e. The number of carbonyl (C=O) groups excluding carboxylic acids is 1. The van der Waals surface area contributed by atoms with Crippen molar-refractivity contribution in [2.75, 3.05) is 0 Å². The number of Topliss-reactive ketones (excluding diaryl/α,β-unsaturated/α-hetero) is 1. The largest absolute Gasteiger partial charge is 0.393 e. The van der Waals surface area contributed by atoms with Crippen LogP contribution >= 0.6 is 0 Å². The Morgan fingerprint density at radius 2 is 1.81 bits per heavy atom. The van der Waals surface area contributed by atoms with Gasteiger partial charge in [0.2, 0.25) is 0 Å². The van der Waals surface area contributed by atoms with E-state index in [0.29, 0.717) is 28.4 Å². The van der Waals surface area contributed by atoms with Gasteiger partial charge in [-0.2, -0.15) is 0 Å². The molecule has 0 amide bonds. The zero-order valence-electron chi connectivity index (χ0n) is 13.6. The molecular formula is C19H30O2. The highest BCUT2D eigenvalue weighted by Gasteiger charge is 2.59. The predicted octanol–water partition coefficient (Wildman–Crippen LogP) is 3.96. The van der Waals surface area contributed by atoms with E-state index in [1.807, 2.05) is 0 Å². The summed E-state index contributed by atoms with van der Waals surface area (Å²) in [7, 11) is 0. The van der Waals surface area contributed by atoms with Crippen LogP contribution in [0.1, 0.15) is 71.6 Å². The van der Waals surface area contributed by atoms with Crippen molar-refractivity contribution in [2.24, 2.45) is 34.5 Å². The molecule has 4 fully saturated rings. The summed E-state index contributed by atoms with van der Waals surface area (Å²) >= 11 is 0. The lowest BCUT2D eigenvalue weighted by molar-refractivity contribution is -0.143. The minimum atomic E-state index is -0.0619. The number of fused-ring (bicyclic) bond motifs is 5. The van der Waals surface area contributed by atoms with E-state index in [9.17, 15) is 9.90 Å². The first kappa shape index (κ1) is 14.2. The van der Waals surface area contributed by atoms with E-state index >= 15 is 0 Å². The van der Waals surface area contributed by atoms with E-state index in [1.165, 1.54) is 32.1 Å². The summed E-state index contributed by atoms with van der Waals surface area (Å²) in [5.74, 6) is 3.14. The van der Waals surface area contributed by atoms with Gasteiger partial charge in [-0.3, -0.25) is 4.79 Å². The first-order chi connectivity index (χ1) is 9.94. The van der Waals surface area contributed by atoms with Gasteiger partial charge in [-0.15, -0.1) is 0 Å². The van der Waals surface area contributed by atoms with Gasteiger partial charge in [0.25, 0.3) is 0 Å². The third-order valence-electron chi connectivity index (χ3n) is 8.28. The molecule has 4 aliphatic rings. The molecule has 4 rings (SSSR count). The van der Waals surface area contributed by atoms with Crippen molar-refractivity contribution in [1.82, 2.24) is 0 Å². The van der Waals surface area contributed by atoms with Crippen LogP contribution in [0.5, 0.6) is 0 Å². The van der Waals surface area contributed by atoms with Crippen molar-refractivity contribution < 1.29 is 9.90 Å². The summed E-state index contributed by atoms with van der Waals surface area (Å²) in [5, 5.41) is 10.6. The van der Waals surface area contributed by atoms with Crippen LogP contribution in [0.25, 0.3) is 0 Å². The molecule has 0 heterocycles. The molecule has 0 aromatic heterocycles. The third kappa shape index (κ3) is 1.90. The van der Waals surface area contributed by atoms with Crippen molar-refractivity contribution in [3.8, 4) is 0 Å². The van der Waals surface area contributed by atoms with E-state index in [-0.39, 0.29) is 6.10 Å². The molecule has 0 saturated heterocycles. The number of rotatable bonds is 0. The maximum absolute atomic E-state index is 11.9. The first-order valence-corrected chi connectivity index (χ1v) is 9.14. The van der Waals surface area contributed by atoms with Gasteiger partial charge in [-0.05, 0) is 79.4 Å². The number of carbonyl (C=O) groups is 1. The molecule has 7 atom stereocenters. The molecule has 4 saturated carbocycles. The summed E-state index contributed by atoms with van der Waals surface area (Å²) in [6.45, 7) is 4.91. The van der Waals surface area contributed by atoms with Gasteiger partial charge in [0.1, 0.15) is 5.78 Å². The zero-order chi connectivity index (χ0) is 14.8. The Labute approximate surface area is 128 Å². The monoisotopic (exact) mass is 290 g/mol. The molecule has 2 nitrogen and oxygen atoms in total. The lowest BCUT2D eigenvalue weighted by atomic mass is 9.45. The van der Waals surface area contributed by atoms with Gasteiger partial charge >= 0.3 is 0 Å². The number of hydrogen-bond donors (Lipinski definition) is 1. The summed E-state index contributed by atoms with van der Waals surface area (Å²) in [6, 6.07) is 0. The second-order valence-electron chi connectivity index (χ2n) is 9.12. The lowest BCUT2D eigenvalue weighted by Crippen LogP contribution is -2.54. The minimum absolute atomic E-state index is 0.0619. The van der Waals surface area contributed by atoms with E-state index in [4.69, 9.17) is 0 Å². The van der Waals surface area contributed by atoms with Gasteiger partial charge in [0.05, 0.1) is 6.10 Å². The van der Waals surface area contributed by atoms with Gasteiger partial charge in [0, 0.05) is 12.8 Å². The number of ketones is 1. The second-order valence-corrected chi connectivity index (χ2v) is 9.12. The topological polar surface area (TPSA) is 37.3 Å². The lowest BCUT2D eigenvalue weighted by Gasteiger charge is -2.60. The summed E-state index contributed by atoms with van der Waals surface area (Å²) in [5.41, 5.74) is 0.773. The van der Waals surface area contributed by atoms with Crippen LogP contribution in [-0.4, -0.2) is 17.0 Å². The van der Waals surface area contributed by atoms with Crippen LogP contribution < -0.4 is 0 Å². The van der Waals surface area contributed by atoms with Crippen LogP contribution in [0, 0.1) is 34.5 Å². The van der Waals surface area contributed by atoms with E-state index < -0.39 is 0 Å². The first-order valence-electron chi connectivity index (χ1n) is 9.14. The molecule has 0 aliphatic heterocycles. The minimum Gasteiger partial charge on any atom is -0.393 e. The Morgan fingerprint density at radius 3 is 2.62 bits per heavy atom. The fraction of sp³-hybridized carbons (Fsp3) is 0.947. The Bertz CT molecular complexity index is 458. The van der Waals surface area contributed by atoms with Crippen molar-refractivity contribution in [1.29, 1.82) is 0 Å². The molecule has 1 N–H and O–H groups in total. The van der Waals surface area contributed by atoms with Gasteiger partial charge < -0.3 is 5.11 Å². The molecule has 2 heteroatoms. The Balaban J connectivity index is 1.66. The Kier molecular flexibility index (Phi) is 3.10. The van der Waals surface area contributed by atoms with Crippen molar-refractivity contribution in [2.45, 2.75) is 77.7 Å². The average Bonchev–Trinajstić information content (AvgIpc) is 2.76. The highest BCUT2D eigenvalue weighted by molar-refractivity contribution is 5.79. The number of aliphatic hydroxyl groups is 1. The second kappa shape index (κ2) is 4.57. The van der Waals surface area contributed by atoms with Crippen LogP contribution in [0.2, 0.25) is 0 Å². The summed E-state index contributed by atoms with van der Waals surface area (Å²) in [6.07, 6.45) is 10.1. The molecule has 0 bridgehead atoms. The van der Waals surface area contributed by atoms with Crippen molar-refractivity contribution in [3.05, 3.63) is 0 Å². The van der Waals surface area contributed by atoms with Crippen LogP contribution in [0.4, 0.5) is 0 Å². The number of aliphatic hydroxyl groups excluding tert-OH is 1. The van der Waals surface area contributed by atoms with E-state index in [0.717, 1.165) is 37.5 Å². The van der Waals surface area contributed by atoms with E-state index in [1.54, 1.807) is 0 Å². The van der Waals surface area contributed by atoms with Crippen molar-refractivity contribution in [3.63, 3.8) is 0 Å². The zero-order valence-corrected chi connectivity index (χ0v) is 13.6. The van der Waals surface area contributed by atoms with Gasteiger partial charge in [0.15, 0.2) is 0 Å².